The molecule has 0 aromatic heterocycles. The molecule has 21 heavy (non-hydrogen) atoms. The maximum Gasteiger partial charge on any atom is 0.237 e. The second kappa shape index (κ2) is 6.03. The van der Waals surface area contributed by atoms with Crippen LogP contribution >= 0.6 is 15.9 Å². The highest BCUT2D eigenvalue weighted by molar-refractivity contribution is 9.10. The molecule has 0 bridgehead atoms. The van der Waals surface area contributed by atoms with E-state index in [0.29, 0.717) is 16.8 Å². The molecule has 0 aliphatic heterocycles. The molecule has 4 nitrogen and oxygen atoms in total. The molecule has 7 heteroatoms. The van der Waals surface area contributed by atoms with E-state index in [4.69, 9.17) is 5.73 Å². The smallest absolute Gasteiger partial charge is 0.237 e. The first-order valence-corrected chi connectivity index (χ1v) is 8.52. The van der Waals surface area contributed by atoms with Gasteiger partial charge in [-0.25, -0.2) is 12.8 Å². The maximum atomic E-state index is 13.5. The molecule has 0 aliphatic carbocycles. The van der Waals surface area contributed by atoms with Crippen LogP contribution in [0.1, 0.15) is 11.1 Å². The number of nitrogens with two attached hydrogens (primary N) is 1. The van der Waals surface area contributed by atoms with Gasteiger partial charge in [-0.1, -0.05) is 18.2 Å². The minimum atomic E-state index is -3.67. The molecule has 2 rings (SSSR count). The van der Waals surface area contributed by atoms with E-state index in [1.165, 1.54) is 6.07 Å². The van der Waals surface area contributed by atoms with Crippen LogP contribution in [0.15, 0.2) is 40.9 Å². The summed E-state index contributed by atoms with van der Waals surface area (Å²) in [6.07, 6.45) is 0. The quantitative estimate of drug-likeness (QED) is 0.807. The van der Waals surface area contributed by atoms with Crippen molar-refractivity contribution in [1.29, 1.82) is 0 Å². The fourth-order valence-corrected chi connectivity index (χ4v) is 3.59. The fourth-order valence-electron chi connectivity index (χ4n) is 1.83. The fraction of sp³-hybridized carbons (Fsp3) is 0.143. The topological polar surface area (TPSA) is 72.2 Å². The summed E-state index contributed by atoms with van der Waals surface area (Å²) >= 11 is 3.05. The third kappa shape index (κ3) is 3.95. The first-order valence-electron chi connectivity index (χ1n) is 6.08. The van der Waals surface area contributed by atoms with Gasteiger partial charge in [-0.2, -0.15) is 0 Å². The van der Waals surface area contributed by atoms with Crippen LogP contribution in [0.5, 0.6) is 0 Å². The summed E-state index contributed by atoms with van der Waals surface area (Å²) in [6, 6.07) is 9.38. The third-order valence-corrected chi connectivity index (χ3v) is 4.76. The van der Waals surface area contributed by atoms with Crippen molar-refractivity contribution in [2.45, 2.75) is 12.7 Å². The Hall–Kier alpha value is -1.60. The van der Waals surface area contributed by atoms with Gasteiger partial charge in [-0.3, -0.25) is 4.72 Å². The van der Waals surface area contributed by atoms with E-state index in [1.807, 2.05) is 0 Å². The number of anilines is 2. The van der Waals surface area contributed by atoms with Gasteiger partial charge < -0.3 is 5.73 Å². The molecule has 0 saturated carbocycles. The molecule has 0 unspecified atom stereocenters. The normalized spacial score (nSPS) is 11.4. The molecule has 2 aromatic carbocycles. The Kier molecular flexibility index (Phi) is 4.53. The van der Waals surface area contributed by atoms with Crippen molar-refractivity contribution in [3.63, 3.8) is 0 Å². The zero-order valence-corrected chi connectivity index (χ0v) is 13.6. The molecule has 0 radical (unpaired) electrons. The number of aryl methyl sites for hydroxylation is 1. The number of hydrogen-bond donors (Lipinski definition) is 2. The molecule has 2 aromatic rings. The van der Waals surface area contributed by atoms with Crippen molar-refractivity contribution in [2.75, 3.05) is 10.5 Å². The van der Waals surface area contributed by atoms with Gasteiger partial charge >= 0.3 is 0 Å². The van der Waals surface area contributed by atoms with E-state index in [1.54, 1.807) is 31.2 Å². The van der Waals surface area contributed by atoms with Crippen LogP contribution in [0.3, 0.4) is 0 Å². The maximum absolute atomic E-state index is 13.5. The van der Waals surface area contributed by atoms with Crippen LogP contribution < -0.4 is 10.5 Å². The summed E-state index contributed by atoms with van der Waals surface area (Å²) in [4.78, 5) is 0. The van der Waals surface area contributed by atoms with Crippen molar-refractivity contribution in [1.82, 2.24) is 0 Å². The van der Waals surface area contributed by atoms with E-state index in [-0.39, 0.29) is 15.9 Å². The zero-order chi connectivity index (χ0) is 15.6. The number of sulfonamides is 1. The monoisotopic (exact) mass is 372 g/mol. The summed E-state index contributed by atoms with van der Waals surface area (Å²) in [5.41, 5.74) is 7.47. The molecule has 0 fully saturated rings. The molecule has 3 N–H and O–H groups in total. The number of nitrogens with one attached hydrogen (secondary N) is 1. The van der Waals surface area contributed by atoms with Gasteiger partial charge in [0.25, 0.3) is 0 Å². The first-order chi connectivity index (χ1) is 9.78. The highest BCUT2D eigenvalue weighted by Crippen LogP contribution is 2.25. The molecule has 0 heterocycles. The Morgan fingerprint density at radius 2 is 1.95 bits per heavy atom. The van der Waals surface area contributed by atoms with E-state index < -0.39 is 15.8 Å². The van der Waals surface area contributed by atoms with Gasteiger partial charge in [0.15, 0.2) is 0 Å². The van der Waals surface area contributed by atoms with Gasteiger partial charge in [0.05, 0.1) is 15.9 Å². The molecular weight excluding hydrogens is 359 g/mol. The Morgan fingerprint density at radius 1 is 1.29 bits per heavy atom. The lowest BCUT2D eigenvalue weighted by Crippen LogP contribution is -2.16. The van der Waals surface area contributed by atoms with Gasteiger partial charge in [0, 0.05) is 5.69 Å². The predicted molar refractivity (Wildman–Crippen MR) is 85.9 cm³/mol. The minimum absolute atomic E-state index is 0.213. The molecular formula is C14H14BrFN2O2S. The number of halogens is 2. The third-order valence-electron chi connectivity index (χ3n) is 2.93. The summed E-state index contributed by atoms with van der Waals surface area (Å²) in [6.45, 7) is 1.69. The average Bonchev–Trinajstić information content (AvgIpc) is 2.38. The van der Waals surface area contributed by atoms with Gasteiger partial charge in [0.2, 0.25) is 10.0 Å². The van der Waals surface area contributed by atoms with Gasteiger partial charge in [-0.05, 0) is 52.2 Å². The lowest BCUT2D eigenvalue weighted by Gasteiger charge is -2.12. The van der Waals surface area contributed by atoms with Gasteiger partial charge in [-0.15, -0.1) is 0 Å². The standard InChI is InChI=1S/C14H14BrFN2O2S/c1-9-6-11(15)12(16)7-14(9)18-21(19,20)8-10-4-2-3-5-13(10)17/h2-7,18H,8,17H2,1H3. The molecule has 0 saturated heterocycles. The van der Waals surface area contributed by atoms with E-state index in [2.05, 4.69) is 20.7 Å². The van der Waals surface area contributed by atoms with Crippen molar-refractivity contribution >= 4 is 37.3 Å². The first kappa shape index (κ1) is 15.8. The number of para-hydroxylation sites is 1. The summed E-state index contributed by atoms with van der Waals surface area (Å²) in [7, 11) is -3.67. The summed E-state index contributed by atoms with van der Waals surface area (Å²) in [5, 5.41) is 0. The summed E-state index contributed by atoms with van der Waals surface area (Å²) in [5.74, 6) is -0.797. The SMILES string of the molecule is Cc1cc(Br)c(F)cc1NS(=O)(=O)Cc1ccccc1N. The van der Waals surface area contributed by atoms with Crippen molar-refractivity contribution in [3.8, 4) is 0 Å². The van der Waals surface area contributed by atoms with E-state index >= 15 is 0 Å². The molecule has 0 spiro atoms. The van der Waals surface area contributed by atoms with Crippen LogP contribution in [-0.2, 0) is 15.8 Å². The Balaban J connectivity index is 2.26. The Morgan fingerprint density at radius 3 is 2.62 bits per heavy atom. The molecule has 0 aliphatic rings. The van der Waals surface area contributed by atoms with Crippen molar-refractivity contribution < 1.29 is 12.8 Å². The Labute approximate surface area is 131 Å². The largest absolute Gasteiger partial charge is 0.398 e. The van der Waals surface area contributed by atoms with Crippen LogP contribution in [0, 0.1) is 12.7 Å². The lowest BCUT2D eigenvalue weighted by atomic mass is 10.2. The lowest BCUT2D eigenvalue weighted by molar-refractivity contribution is 0.600. The second-order valence-electron chi connectivity index (χ2n) is 4.64. The molecule has 112 valence electrons. The van der Waals surface area contributed by atoms with Crippen LogP contribution in [0.4, 0.5) is 15.8 Å². The average molecular weight is 373 g/mol. The highest BCUT2D eigenvalue weighted by Gasteiger charge is 2.16. The van der Waals surface area contributed by atoms with Crippen molar-refractivity contribution in [3.05, 3.63) is 57.8 Å². The van der Waals surface area contributed by atoms with Crippen LogP contribution in [0.25, 0.3) is 0 Å². The van der Waals surface area contributed by atoms with Crippen LogP contribution in [-0.4, -0.2) is 8.42 Å². The second-order valence-corrected chi connectivity index (χ2v) is 7.22. The number of rotatable bonds is 4. The van der Waals surface area contributed by atoms with Gasteiger partial charge in [0.1, 0.15) is 5.82 Å². The predicted octanol–water partition coefficient (Wildman–Crippen LogP) is 3.42. The van der Waals surface area contributed by atoms with Crippen molar-refractivity contribution in [2.24, 2.45) is 0 Å². The van der Waals surface area contributed by atoms with E-state index in [0.717, 1.165) is 6.07 Å². The number of benzene rings is 2. The summed E-state index contributed by atoms with van der Waals surface area (Å²) < 4.78 is 40.5. The number of hydrogen-bond acceptors (Lipinski definition) is 3. The highest BCUT2D eigenvalue weighted by atomic mass is 79.9. The van der Waals surface area contributed by atoms with E-state index in [9.17, 15) is 12.8 Å². The molecule has 0 atom stereocenters. The number of nitrogen functional groups attached to an aromatic ring is 1. The zero-order valence-electron chi connectivity index (χ0n) is 11.2. The Bertz CT molecular complexity index is 779. The molecule has 0 amide bonds. The van der Waals surface area contributed by atoms with Crippen LogP contribution in [0.2, 0.25) is 0 Å². The minimum Gasteiger partial charge on any atom is -0.398 e.